The third kappa shape index (κ3) is 3.53. The zero-order valence-corrected chi connectivity index (χ0v) is 12.0. The Labute approximate surface area is 116 Å². The number of halogens is 2. The molecule has 1 fully saturated rings. The summed E-state index contributed by atoms with van der Waals surface area (Å²) in [6.07, 6.45) is 1.21. The average molecular weight is 290 g/mol. The van der Waals surface area contributed by atoms with E-state index < -0.39 is 6.17 Å². The number of Topliss-reactive ketones (excluding diaryl/α,β-unsaturated/α-hetero) is 1. The Morgan fingerprint density at radius 3 is 3.00 bits per heavy atom. The van der Waals surface area contributed by atoms with Gasteiger partial charge in [0.25, 0.3) is 0 Å². The highest BCUT2D eigenvalue weighted by Crippen LogP contribution is 2.27. The molecule has 1 aromatic heterocycles. The number of rotatable bonds is 5. The van der Waals surface area contributed by atoms with Gasteiger partial charge in [0.15, 0.2) is 5.78 Å². The van der Waals surface area contributed by atoms with Gasteiger partial charge in [-0.25, -0.2) is 4.39 Å². The van der Waals surface area contributed by atoms with Crippen LogP contribution in [0.1, 0.15) is 33.8 Å². The maximum absolute atomic E-state index is 13.0. The van der Waals surface area contributed by atoms with Gasteiger partial charge in [-0.05, 0) is 32.4 Å². The molecule has 2 heterocycles. The minimum absolute atomic E-state index is 0.106. The van der Waals surface area contributed by atoms with Gasteiger partial charge < -0.3 is 4.90 Å². The van der Waals surface area contributed by atoms with Crippen LogP contribution in [0.25, 0.3) is 0 Å². The molecule has 18 heavy (non-hydrogen) atoms. The van der Waals surface area contributed by atoms with E-state index in [0.717, 1.165) is 24.4 Å². The van der Waals surface area contributed by atoms with Crippen molar-refractivity contribution in [2.24, 2.45) is 0 Å². The fraction of sp³-hybridized carbons (Fsp3) is 0.615. The maximum Gasteiger partial charge on any atom is 0.174 e. The van der Waals surface area contributed by atoms with Crippen molar-refractivity contribution in [1.82, 2.24) is 4.90 Å². The molecule has 1 saturated heterocycles. The van der Waals surface area contributed by atoms with Crippen molar-refractivity contribution in [1.29, 1.82) is 0 Å². The lowest BCUT2D eigenvalue weighted by molar-refractivity contribution is 0.0980. The van der Waals surface area contributed by atoms with Gasteiger partial charge in [-0.1, -0.05) is 11.6 Å². The number of hydrogen-bond donors (Lipinski definition) is 0. The monoisotopic (exact) mass is 289 g/mol. The number of ketones is 1. The van der Waals surface area contributed by atoms with E-state index in [9.17, 15) is 9.18 Å². The summed E-state index contributed by atoms with van der Waals surface area (Å²) in [4.78, 5) is 15.8. The fourth-order valence-corrected chi connectivity index (χ4v) is 3.56. The Kier molecular flexibility index (Phi) is 4.76. The zero-order chi connectivity index (χ0) is 13.1. The quantitative estimate of drug-likeness (QED) is 0.770. The second-order valence-corrected chi connectivity index (χ2v) is 6.41. The number of likely N-dealkylation sites (tertiary alicyclic amines) is 1. The second-order valence-electron chi connectivity index (χ2n) is 4.75. The van der Waals surface area contributed by atoms with E-state index in [0.29, 0.717) is 29.3 Å². The molecular formula is C13H17ClFNOS. The second kappa shape index (κ2) is 6.13. The predicted octanol–water partition coefficient (Wildman–Crippen LogP) is 3.72. The first-order valence-corrected chi connectivity index (χ1v) is 7.41. The van der Waals surface area contributed by atoms with Crippen molar-refractivity contribution in [3.8, 4) is 0 Å². The van der Waals surface area contributed by atoms with Crippen LogP contribution in [0.4, 0.5) is 4.39 Å². The molecule has 0 radical (unpaired) electrons. The SMILES string of the molecule is Cc1cc(Cl)c(C(=O)CCCN2CCC(F)C2)s1. The summed E-state index contributed by atoms with van der Waals surface area (Å²) in [5.41, 5.74) is 0. The highest BCUT2D eigenvalue weighted by molar-refractivity contribution is 7.14. The summed E-state index contributed by atoms with van der Waals surface area (Å²) in [6.45, 7) is 4.08. The first-order chi connectivity index (χ1) is 8.56. The average Bonchev–Trinajstić information content (AvgIpc) is 2.85. The molecule has 0 aromatic carbocycles. The highest BCUT2D eigenvalue weighted by Gasteiger charge is 2.21. The largest absolute Gasteiger partial charge is 0.300 e. The summed E-state index contributed by atoms with van der Waals surface area (Å²) in [5.74, 6) is 0.106. The van der Waals surface area contributed by atoms with Crippen LogP contribution in [-0.2, 0) is 0 Å². The van der Waals surface area contributed by atoms with E-state index in [1.54, 1.807) is 0 Å². The molecule has 0 bridgehead atoms. The number of alkyl halides is 1. The van der Waals surface area contributed by atoms with Gasteiger partial charge in [0.2, 0.25) is 0 Å². The summed E-state index contributed by atoms with van der Waals surface area (Å²) in [5, 5.41) is 0.562. The van der Waals surface area contributed by atoms with E-state index in [1.807, 2.05) is 13.0 Å². The molecule has 1 atom stereocenters. The van der Waals surface area contributed by atoms with Crippen molar-refractivity contribution >= 4 is 28.7 Å². The first-order valence-electron chi connectivity index (χ1n) is 6.22. The Hall–Kier alpha value is -0.450. The van der Waals surface area contributed by atoms with Crippen LogP contribution in [-0.4, -0.2) is 36.5 Å². The number of carbonyl (C=O) groups excluding carboxylic acids is 1. The van der Waals surface area contributed by atoms with Crippen LogP contribution in [0, 0.1) is 6.92 Å². The third-order valence-corrected chi connectivity index (χ3v) is 4.66. The Balaban J connectivity index is 1.77. The Morgan fingerprint density at radius 2 is 2.44 bits per heavy atom. The maximum atomic E-state index is 13.0. The number of nitrogens with zero attached hydrogens (tertiary/aromatic N) is 1. The van der Waals surface area contributed by atoms with Gasteiger partial charge in [0.1, 0.15) is 6.17 Å². The van der Waals surface area contributed by atoms with Crippen molar-refractivity contribution in [3.05, 3.63) is 20.8 Å². The van der Waals surface area contributed by atoms with Crippen molar-refractivity contribution < 1.29 is 9.18 Å². The lowest BCUT2D eigenvalue weighted by Gasteiger charge is -2.13. The number of thiophene rings is 1. The summed E-state index contributed by atoms with van der Waals surface area (Å²) >= 11 is 7.45. The highest BCUT2D eigenvalue weighted by atomic mass is 35.5. The number of hydrogen-bond acceptors (Lipinski definition) is 3. The number of carbonyl (C=O) groups is 1. The standard InChI is InChI=1S/C13H17ClFNOS/c1-9-7-11(14)13(18-9)12(17)3-2-5-16-6-4-10(15)8-16/h7,10H,2-6,8H2,1H3. The minimum atomic E-state index is -0.685. The van der Waals surface area contributed by atoms with Gasteiger partial charge in [-0.3, -0.25) is 4.79 Å². The lowest BCUT2D eigenvalue weighted by atomic mass is 10.2. The van der Waals surface area contributed by atoms with Crippen molar-refractivity contribution in [2.75, 3.05) is 19.6 Å². The van der Waals surface area contributed by atoms with Crippen LogP contribution < -0.4 is 0 Å². The van der Waals surface area contributed by atoms with Gasteiger partial charge in [-0.15, -0.1) is 11.3 Å². The smallest absolute Gasteiger partial charge is 0.174 e. The predicted molar refractivity (Wildman–Crippen MR) is 73.6 cm³/mol. The molecule has 2 nitrogen and oxygen atoms in total. The molecular weight excluding hydrogens is 273 g/mol. The van der Waals surface area contributed by atoms with Crippen LogP contribution in [0.2, 0.25) is 5.02 Å². The molecule has 0 N–H and O–H groups in total. The van der Waals surface area contributed by atoms with Crippen molar-refractivity contribution in [3.63, 3.8) is 0 Å². The van der Waals surface area contributed by atoms with Crippen molar-refractivity contribution in [2.45, 2.75) is 32.4 Å². The van der Waals surface area contributed by atoms with Gasteiger partial charge >= 0.3 is 0 Å². The molecule has 2 rings (SSSR count). The molecule has 1 aliphatic heterocycles. The van der Waals surface area contributed by atoms with E-state index in [-0.39, 0.29) is 5.78 Å². The molecule has 1 unspecified atom stereocenters. The van der Waals surface area contributed by atoms with Crippen LogP contribution in [0.5, 0.6) is 0 Å². The zero-order valence-electron chi connectivity index (χ0n) is 10.4. The first kappa shape index (κ1) is 14.0. The van der Waals surface area contributed by atoms with Crippen LogP contribution in [0.3, 0.4) is 0 Å². The summed E-state index contributed by atoms with van der Waals surface area (Å²) in [6, 6.07) is 1.83. The van der Waals surface area contributed by atoms with E-state index in [2.05, 4.69) is 4.90 Å². The van der Waals surface area contributed by atoms with E-state index >= 15 is 0 Å². The van der Waals surface area contributed by atoms with Gasteiger partial charge in [0, 0.05) is 24.4 Å². The normalized spacial score (nSPS) is 20.5. The summed E-state index contributed by atoms with van der Waals surface area (Å²) in [7, 11) is 0. The summed E-state index contributed by atoms with van der Waals surface area (Å²) < 4.78 is 13.0. The lowest BCUT2D eigenvalue weighted by Crippen LogP contribution is -2.22. The Bertz CT molecular complexity index is 435. The Morgan fingerprint density at radius 1 is 1.67 bits per heavy atom. The molecule has 0 aliphatic carbocycles. The molecule has 0 amide bonds. The molecule has 0 spiro atoms. The van der Waals surface area contributed by atoms with Crippen LogP contribution in [0.15, 0.2) is 6.07 Å². The van der Waals surface area contributed by atoms with Crippen LogP contribution >= 0.6 is 22.9 Å². The fourth-order valence-electron chi connectivity index (χ4n) is 2.24. The van der Waals surface area contributed by atoms with Gasteiger partial charge in [0.05, 0.1) is 9.90 Å². The third-order valence-electron chi connectivity index (χ3n) is 3.16. The number of aryl methyl sites for hydroxylation is 1. The van der Waals surface area contributed by atoms with E-state index in [1.165, 1.54) is 11.3 Å². The molecule has 1 aliphatic rings. The molecule has 5 heteroatoms. The minimum Gasteiger partial charge on any atom is -0.300 e. The molecule has 0 saturated carbocycles. The topological polar surface area (TPSA) is 20.3 Å². The molecule has 1 aromatic rings. The molecule has 100 valence electrons. The van der Waals surface area contributed by atoms with E-state index in [4.69, 9.17) is 11.6 Å². The van der Waals surface area contributed by atoms with Gasteiger partial charge in [-0.2, -0.15) is 0 Å².